The molecule has 0 saturated carbocycles. The molecule has 7 nitrogen and oxygen atoms in total. The van der Waals surface area contributed by atoms with E-state index in [-0.39, 0.29) is 11.4 Å². The fourth-order valence-electron chi connectivity index (χ4n) is 4.35. The third-order valence-corrected chi connectivity index (χ3v) is 5.90. The number of benzene rings is 1. The van der Waals surface area contributed by atoms with Gasteiger partial charge in [-0.1, -0.05) is 11.6 Å². The molecule has 1 spiro atoms. The topological polar surface area (TPSA) is 58.1 Å². The summed E-state index contributed by atoms with van der Waals surface area (Å²) in [4.78, 5) is 23.4. The first-order valence-electron chi connectivity index (χ1n) is 9.31. The van der Waals surface area contributed by atoms with Crippen molar-refractivity contribution in [2.45, 2.75) is 0 Å². The number of amides is 2. The van der Waals surface area contributed by atoms with Crippen molar-refractivity contribution in [2.24, 2.45) is 5.41 Å². The highest BCUT2D eigenvalue weighted by Crippen LogP contribution is 2.44. The van der Waals surface area contributed by atoms with Gasteiger partial charge in [-0.05, 0) is 24.3 Å². The number of hydrogen-bond donors (Lipinski definition) is 0. The van der Waals surface area contributed by atoms with Gasteiger partial charge < -0.3 is 19.3 Å². The number of carbonyl (C=O) groups is 1. The summed E-state index contributed by atoms with van der Waals surface area (Å²) < 4.78 is 11.1. The van der Waals surface area contributed by atoms with E-state index in [2.05, 4.69) is 9.88 Å². The average molecular weight is 401 g/mol. The molecule has 3 aliphatic heterocycles. The fraction of sp³-hybridized carbons (Fsp3) is 0.400. The van der Waals surface area contributed by atoms with Crippen molar-refractivity contribution >= 4 is 29.1 Å². The Morgan fingerprint density at radius 3 is 2.86 bits per heavy atom. The molecule has 2 amide bonds. The molecule has 2 saturated heterocycles. The molecule has 0 aliphatic carbocycles. The highest BCUT2D eigenvalue weighted by molar-refractivity contribution is 6.30. The number of methoxy groups -OCH3 is 1. The normalized spacial score (nSPS) is 19.4. The molecule has 0 N–H and O–H groups in total. The number of aromatic nitrogens is 1. The standard InChI is InChI=1S/C20H21ClN4O3/c1-27-16-3-2-6-22-18(16)23-10-20(11-23)12-24(13-20)19(26)25-7-8-28-17-9-14(21)4-5-15(17)25/h2-6,9H,7-8,10-13H2,1H3. The molecule has 4 heterocycles. The molecule has 8 heteroatoms. The maximum absolute atomic E-state index is 13.0. The van der Waals surface area contributed by atoms with Gasteiger partial charge in [-0.15, -0.1) is 0 Å². The van der Waals surface area contributed by atoms with Crippen LogP contribution in [-0.2, 0) is 0 Å². The first-order valence-corrected chi connectivity index (χ1v) is 9.69. The smallest absolute Gasteiger partial charge is 0.324 e. The Kier molecular flexibility index (Phi) is 4.01. The summed E-state index contributed by atoms with van der Waals surface area (Å²) >= 11 is 6.04. The van der Waals surface area contributed by atoms with Crippen LogP contribution in [0.2, 0.25) is 5.02 Å². The molecule has 0 unspecified atom stereocenters. The van der Waals surface area contributed by atoms with Crippen molar-refractivity contribution in [2.75, 3.05) is 56.2 Å². The second-order valence-corrected chi connectivity index (χ2v) is 8.07. The number of pyridine rings is 1. The molecule has 2 aromatic rings. The quantitative estimate of drug-likeness (QED) is 0.775. The molecule has 5 rings (SSSR count). The first-order chi connectivity index (χ1) is 13.6. The zero-order chi connectivity index (χ0) is 19.3. The number of hydrogen-bond acceptors (Lipinski definition) is 5. The predicted molar refractivity (Wildman–Crippen MR) is 107 cm³/mol. The molecular weight excluding hydrogens is 380 g/mol. The van der Waals surface area contributed by atoms with E-state index in [0.717, 1.165) is 43.4 Å². The van der Waals surface area contributed by atoms with Crippen LogP contribution in [0, 0.1) is 5.41 Å². The monoisotopic (exact) mass is 400 g/mol. The van der Waals surface area contributed by atoms with Crippen molar-refractivity contribution in [1.82, 2.24) is 9.88 Å². The van der Waals surface area contributed by atoms with Gasteiger partial charge in [-0.3, -0.25) is 4.90 Å². The van der Waals surface area contributed by atoms with E-state index in [1.807, 2.05) is 23.1 Å². The van der Waals surface area contributed by atoms with Gasteiger partial charge in [0.05, 0.1) is 19.3 Å². The zero-order valence-corrected chi connectivity index (χ0v) is 16.4. The van der Waals surface area contributed by atoms with Crippen LogP contribution < -0.4 is 19.3 Å². The van der Waals surface area contributed by atoms with E-state index in [4.69, 9.17) is 21.1 Å². The van der Waals surface area contributed by atoms with Gasteiger partial charge in [-0.2, -0.15) is 0 Å². The second kappa shape index (κ2) is 6.44. The first kappa shape index (κ1) is 17.4. The summed E-state index contributed by atoms with van der Waals surface area (Å²) in [6.45, 7) is 4.33. The van der Waals surface area contributed by atoms with Crippen molar-refractivity contribution in [3.63, 3.8) is 0 Å². The van der Waals surface area contributed by atoms with Crippen molar-refractivity contribution in [1.29, 1.82) is 0 Å². The number of urea groups is 1. The Labute approximate surface area is 168 Å². The summed E-state index contributed by atoms with van der Waals surface area (Å²) in [7, 11) is 1.66. The van der Waals surface area contributed by atoms with Crippen molar-refractivity contribution in [3.8, 4) is 11.5 Å². The van der Waals surface area contributed by atoms with E-state index in [0.29, 0.717) is 23.9 Å². The number of likely N-dealkylation sites (tertiary alicyclic amines) is 1. The maximum Gasteiger partial charge on any atom is 0.324 e. The number of anilines is 2. The minimum absolute atomic E-state index is 0.0337. The molecule has 3 aliphatic rings. The number of fused-ring (bicyclic) bond motifs is 1. The summed E-state index contributed by atoms with van der Waals surface area (Å²) in [5.41, 5.74) is 0.947. The molecular formula is C20H21ClN4O3. The van der Waals surface area contributed by atoms with Crippen LogP contribution >= 0.6 is 11.6 Å². The van der Waals surface area contributed by atoms with Crippen LogP contribution in [0.4, 0.5) is 16.3 Å². The van der Waals surface area contributed by atoms with E-state index >= 15 is 0 Å². The van der Waals surface area contributed by atoms with Crippen LogP contribution in [0.5, 0.6) is 11.5 Å². The molecule has 1 aromatic heterocycles. The predicted octanol–water partition coefficient (Wildman–Crippen LogP) is 2.88. The second-order valence-electron chi connectivity index (χ2n) is 7.64. The Morgan fingerprint density at radius 1 is 1.25 bits per heavy atom. The van der Waals surface area contributed by atoms with E-state index in [1.54, 1.807) is 30.3 Å². The van der Waals surface area contributed by atoms with Gasteiger partial charge >= 0.3 is 6.03 Å². The van der Waals surface area contributed by atoms with Gasteiger partial charge in [0.2, 0.25) is 0 Å². The van der Waals surface area contributed by atoms with Crippen LogP contribution in [-0.4, -0.2) is 62.4 Å². The zero-order valence-electron chi connectivity index (χ0n) is 15.6. The fourth-order valence-corrected chi connectivity index (χ4v) is 4.52. The minimum Gasteiger partial charge on any atom is -0.493 e. The van der Waals surface area contributed by atoms with E-state index < -0.39 is 0 Å². The highest BCUT2D eigenvalue weighted by Gasteiger charge is 2.54. The van der Waals surface area contributed by atoms with Gasteiger partial charge in [-0.25, -0.2) is 9.78 Å². The third kappa shape index (κ3) is 2.73. The Bertz CT molecular complexity index is 923. The molecule has 2 fully saturated rings. The van der Waals surface area contributed by atoms with Crippen LogP contribution in [0.25, 0.3) is 0 Å². The van der Waals surface area contributed by atoms with Crippen molar-refractivity contribution in [3.05, 3.63) is 41.6 Å². The van der Waals surface area contributed by atoms with Crippen LogP contribution in [0.15, 0.2) is 36.5 Å². The van der Waals surface area contributed by atoms with Crippen molar-refractivity contribution < 1.29 is 14.3 Å². The van der Waals surface area contributed by atoms with Crippen LogP contribution in [0.1, 0.15) is 0 Å². The molecule has 1 aromatic carbocycles. The van der Waals surface area contributed by atoms with Gasteiger partial charge in [0.25, 0.3) is 0 Å². The van der Waals surface area contributed by atoms with Gasteiger partial charge in [0.1, 0.15) is 12.4 Å². The Balaban J connectivity index is 1.23. The lowest BCUT2D eigenvalue weighted by Crippen LogP contribution is -2.74. The SMILES string of the molecule is COc1cccnc1N1CC2(CN(C(=O)N3CCOc4cc(Cl)ccc43)C2)C1. The highest BCUT2D eigenvalue weighted by atomic mass is 35.5. The maximum atomic E-state index is 13.0. The van der Waals surface area contributed by atoms with E-state index in [1.165, 1.54) is 0 Å². The number of ether oxygens (including phenoxy) is 2. The lowest BCUT2D eigenvalue weighted by molar-refractivity contribution is 0.00906. The third-order valence-electron chi connectivity index (χ3n) is 5.66. The van der Waals surface area contributed by atoms with E-state index in [9.17, 15) is 4.79 Å². The molecule has 0 bridgehead atoms. The average Bonchev–Trinajstić information content (AvgIpc) is 2.65. The number of rotatable bonds is 2. The van der Waals surface area contributed by atoms with Gasteiger partial charge in [0.15, 0.2) is 11.6 Å². The number of halogens is 1. The van der Waals surface area contributed by atoms with Crippen LogP contribution in [0.3, 0.4) is 0 Å². The molecule has 0 radical (unpaired) electrons. The lowest BCUT2D eigenvalue weighted by Gasteiger charge is -2.60. The van der Waals surface area contributed by atoms with Gasteiger partial charge in [0, 0.05) is 48.9 Å². The largest absolute Gasteiger partial charge is 0.493 e. The number of carbonyl (C=O) groups excluding carboxylic acids is 1. The molecule has 146 valence electrons. The lowest BCUT2D eigenvalue weighted by atomic mass is 9.73. The Morgan fingerprint density at radius 2 is 2.07 bits per heavy atom. The summed E-state index contributed by atoms with van der Waals surface area (Å²) in [6.07, 6.45) is 1.78. The number of nitrogens with zero attached hydrogens (tertiary/aromatic N) is 4. The minimum atomic E-state index is 0.0337. The Hall–Kier alpha value is -2.67. The summed E-state index contributed by atoms with van der Waals surface area (Å²) in [5, 5.41) is 0.607. The molecule has 0 atom stereocenters. The molecule has 28 heavy (non-hydrogen) atoms. The summed E-state index contributed by atoms with van der Waals surface area (Å²) in [5.74, 6) is 2.33. The summed E-state index contributed by atoms with van der Waals surface area (Å²) in [6, 6.07) is 9.23.